The molecule has 0 bridgehead atoms. The van der Waals surface area contributed by atoms with Gasteiger partial charge in [-0.25, -0.2) is 9.59 Å². The molecule has 2 fully saturated rings. The van der Waals surface area contributed by atoms with Gasteiger partial charge in [0.1, 0.15) is 6.61 Å². The molecule has 0 spiro atoms. The fraction of sp³-hybridized carbons (Fsp3) is 0.500. The maximum Gasteiger partial charge on any atom is 0.410 e. The molecule has 4 amide bonds. The lowest BCUT2D eigenvalue weighted by Gasteiger charge is -2.22. The van der Waals surface area contributed by atoms with Gasteiger partial charge in [0.25, 0.3) is 0 Å². The summed E-state index contributed by atoms with van der Waals surface area (Å²) >= 11 is 0. The van der Waals surface area contributed by atoms with Gasteiger partial charge in [0.15, 0.2) is 0 Å². The Hall–Kier alpha value is -2.77. The molecule has 8 heteroatoms. The highest BCUT2D eigenvalue weighted by Gasteiger charge is 2.23. The molecule has 0 saturated carbocycles. The summed E-state index contributed by atoms with van der Waals surface area (Å²) in [4.78, 5) is 38.7. The Morgan fingerprint density at radius 3 is 2.81 bits per heavy atom. The van der Waals surface area contributed by atoms with Gasteiger partial charge in [-0.3, -0.25) is 4.79 Å². The van der Waals surface area contributed by atoms with Crippen LogP contribution >= 0.6 is 0 Å². The molecule has 26 heavy (non-hydrogen) atoms. The van der Waals surface area contributed by atoms with Gasteiger partial charge in [-0.2, -0.15) is 0 Å². The van der Waals surface area contributed by atoms with Crippen LogP contribution in [-0.4, -0.2) is 60.1 Å². The minimum Gasteiger partial charge on any atom is -0.448 e. The second-order valence-electron chi connectivity index (χ2n) is 6.68. The summed E-state index contributed by atoms with van der Waals surface area (Å²) in [5.41, 5.74) is 1.56. The highest BCUT2D eigenvalue weighted by atomic mass is 16.6. The highest BCUT2D eigenvalue weighted by molar-refractivity contribution is 5.89. The van der Waals surface area contributed by atoms with Crippen LogP contribution in [0.25, 0.3) is 0 Å². The summed E-state index contributed by atoms with van der Waals surface area (Å²) in [5.74, 6) is 0.146. The second kappa shape index (κ2) is 8.07. The molecule has 1 aromatic rings. The average molecular weight is 360 g/mol. The van der Waals surface area contributed by atoms with Crippen molar-refractivity contribution in [1.29, 1.82) is 0 Å². The summed E-state index contributed by atoms with van der Waals surface area (Å²) in [6.45, 7) is 4.58. The molecule has 0 unspecified atom stereocenters. The molecular weight excluding hydrogens is 336 g/mol. The standard InChI is InChI=1S/C18H24N4O4/c1-13(11-21-7-3-6-16(21)23)19-17(24)20-15-5-2-4-14(10-15)12-22-8-9-26-18(22)25/h2,4-5,10,13H,3,6-9,11-12H2,1H3,(H2,19,20,24)/t13-/m1/s1. The van der Waals surface area contributed by atoms with Crippen molar-refractivity contribution in [3.05, 3.63) is 29.8 Å². The van der Waals surface area contributed by atoms with Crippen LogP contribution in [0.4, 0.5) is 15.3 Å². The van der Waals surface area contributed by atoms with E-state index in [2.05, 4.69) is 10.6 Å². The third-order valence-electron chi connectivity index (χ3n) is 4.45. The maximum absolute atomic E-state index is 12.2. The zero-order valence-corrected chi connectivity index (χ0v) is 14.9. The molecule has 2 aliphatic rings. The van der Waals surface area contributed by atoms with Gasteiger partial charge in [-0.05, 0) is 31.0 Å². The molecule has 8 nitrogen and oxygen atoms in total. The van der Waals surface area contributed by atoms with E-state index >= 15 is 0 Å². The number of hydrogen-bond donors (Lipinski definition) is 2. The van der Waals surface area contributed by atoms with Gasteiger partial charge in [0.05, 0.1) is 6.54 Å². The van der Waals surface area contributed by atoms with E-state index in [0.717, 1.165) is 18.5 Å². The lowest BCUT2D eigenvalue weighted by molar-refractivity contribution is -0.127. The predicted molar refractivity (Wildman–Crippen MR) is 95.6 cm³/mol. The van der Waals surface area contributed by atoms with E-state index < -0.39 is 0 Å². The van der Waals surface area contributed by atoms with Gasteiger partial charge in [-0.15, -0.1) is 0 Å². The molecule has 3 rings (SSSR count). The first-order valence-electron chi connectivity index (χ1n) is 8.87. The number of hydrogen-bond acceptors (Lipinski definition) is 4. The molecule has 1 atom stereocenters. The van der Waals surface area contributed by atoms with Gasteiger partial charge in [-0.1, -0.05) is 12.1 Å². The summed E-state index contributed by atoms with van der Waals surface area (Å²) in [7, 11) is 0. The largest absolute Gasteiger partial charge is 0.448 e. The Morgan fingerprint density at radius 1 is 1.27 bits per heavy atom. The van der Waals surface area contributed by atoms with Crippen LogP contribution in [0.2, 0.25) is 0 Å². The van der Waals surface area contributed by atoms with Crippen molar-refractivity contribution >= 4 is 23.7 Å². The van der Waals surface area contributed by atoms with E-state index in [-0.39, 0.29) is 24.1 Å². The Balaban J connectivity index is 1.49. The zero-order chi connectivity index (χ0) is 18.5. The van der Waals surface area contributed by atoms with Gasteiger partial charge in [0, 0.05) is 37.8 Å². The minimum absolute atomic E-state index is 0.139. The fourth-order valence-corrected chi connectivity index (χ4v) is 3.20. The molecule has 1 aromatic carbocycles. The second-order valence-corrected chi connectivity index (χ2v) is 6.68. The molecule has 2 saturated heterocycles. The predicted octanol–water partition coefficient (Wildman–Crippen LogP) is 1.77. The van der Waals surface area contributed by atoms with E-state index in [4.69, 9.17) is 4.74 Å². The van der Waals surface area contributed by atoms with Crippen molar-refractivity contribution in [3.8, 4) is 0 Å². The normalized spacial score (nSPS) is 18.0. The number of likely N-dealkylation sites (tertiary alicyclic amines) is 1. The van der Waals surface area contributed by atoms with Crippen LogP contribution < -0.4 is 10.6 Å². The van der Waals surface area contributed by atoms with Gasteiger partial charge in [0.2, 0.25) is 5.91 Å². The lowest BCUT2D eigenvalue weighted by atomic mass is 10.2. The summed E-state index contributed by atoms with van der Waals surface area (Å²) in [6, 6.07) is 6.90. The number of rotatable bonds is 6. The van der Waals surface area contributed by atoms with E-state index in [1.54, 1.807) is 15.9 Å². The number of anilines is 1. The van der Waals surface area contributed by atoms with Gasteiger partial charge >= 0.3 is 12.1 Å². The van der Waals surface area contributed by atoms with Crippen LogP contribution in [-0.2, 0) is 16.1 Å². The molecule has 2 N–H and O–H groups in total. The molecule has 0 aromatic heterocycles. The number of benzene rings is 1. The van der Waals surface area contributed by atoms with Crippen molar-refractivity contribution in [2.45, 2.75) is 32.4 Å². The van der Waals surface area contributed by atoms with Crippen molar-refractivity contribution in [1.82, 2.24) is 15.1 Å². The van der Waals surface area contributed by atoms with Crippen molar-refractivity contribution in [2.24, 2.45) is 0 Å². The topological polar surface area (TPSA) is 91.0 Å². The van der Waals surface area contributed by atoms with E-state index in [1.807, 2.05) is 25.1 Å². The maximum atomic E-state index is 12.2. The first-order chi connectivity index (χ1) is 12.5. The van der Waals surface area contributed by atoms with Crippen LogP contribution in [0, 0.1) is 0 Å². The van der Waals surface area contributed by atoms with E-state index in [1.165, 1.54) is 0 Å². The van der Waals surface area contributed by atoms with Crippen molar-refractivity contribution < 1.29 is 19.1 Å². The Bertz CT molecular complexity index is 694. The number of carbonyl (C=O) groups is 3. The van der Waals surface area contributed by atoms with Crippen molar-refractivity contribution in [3.63, 3.8) is 0 Å². The zero-order valence-electron chi connectivity index (χ0n) is 14.9. The monoisotopic (exact) mass is 360 g/mol. The average Bonchev–Trinajstić information content (AvgIpc) is 3.16. The van der Waals surface area contributed by atoms with Gasteiger partial charge < -0.3 is 25.2 Å². The molecule has 0 aliphatic carbocycles. The molecule has 2 heterocycles. The number of carbonyl (C=O) groups excluding carboxylic acids is 3. The third-order valence-corrected chi connectivity index (χ3v) is 4.45. The number of urea groups is 1. The number of amides is 4. The summed E-state index contributed by atoms with van der Waals surface area (Å²) < 4.78 is 4.92. The minimum atomic E-state index is -0.318. The smallest absolute Gasteiger partial charge is 0.410 e. The highest BCUT2D eigenvalue weighted by Crippen LogP contribution is 2.15. The Morgan fingerprint density at radius 2 is 2.12 bits per heavy atom. The van der Waals surface area contributed by atoms with Crippen LogP contribution in [0.15, 0.2) is 24.3 Å². The van der Waals surface area contributed by atoms with Crippen LogP contribution in [0.3, 0.4) is 0 Å². The lowest BCUT2D eigenvalue weighted by Crippen LogP contribution is -2.44. The molecule has 2 aliphatic heterocycles. The number of nitrogens with zero attached hydrogens (tertiary/aromatic N) is 2. The summed E-state index contributed by atoms with van der Waals surface area (Å²) in [5, 5.41) is 5.64. The van der Waals surface area contributed by atoms with Crippen molar-refractivity contribution in [2.75, 3.05) is 31.6 Å². The number of cyclic esters (lactones) is 1. The SMILES string of the molecule is C[C@H](CN1CCCC1=O)NC(=O)Nc1cccc(CN2CCOC2=O)c1. The van der Waals surface area contributed by atoms with Crippen LogP contribution in [0.5, 0.6) is 0 Å². The molecule has 140 valence electrons. The first kappa shape index (κ1) is 18.0. The quantitative estimate of drug-likeness (QED) is 0.809. The third kappa shape index (κ3) is 4.65. The van der Waals surface area contributed by atoms with E-state index in [0.29, 0.717) is 38.3 Å². The first-order valence-corrected chi connectivity index (χ1v) is 8.87. The summed E-state index contributed by atoms with van der Waals surface area (Å²) in [6.07, 6.45) is 1.16. The Labute approximate surface area is 152 Å². The molecule has 0 radical (unpaired) electrons. The fourth-order valence-electron chi connectivity index (χ4n) is 3.20. The number of ether oxygens (including phenoxy) is 1. The molecular formula is C18H24N4O4. The van der Waals surface area contributed by atoms with E-state index in [9.17, 15) is 14.4 Å². The Kier molecular flexibility index (Phi) is 5.60. The van der Waals surface area contributed by atoms with Crippen LogP contribution in [0.1, 0.15) is 25.3 Å². The number of nitrogens with one attached hydrogen (secondary N) is 2.